The topological polar surface area (TPSA) is 56.8 Å². The third kappa shape index (κ3) is 5.87. The van der Waals surface area contributed by atoms with E-state index >= 15 is 0 Å². The minimum Gasteiger partial charge on any atom is -0.493 e. The molecule has 0 aliphatic carbocycles. The zero-order valence-corrected chi connectivity index (χ0v) is 16.4. The quantitative estimate of drug-likeness (QED) is 0.555. The second-order valence-electron chi connectivity index (χ2n) is 6.24. The van der Waals surface area contributed by atoms with Crippen molar-refractivity contribution in [2.75, 3.05) is 19.5 Å². The Morgan fingerprint density at radius 1 is 0.897 bits per heavy atom. The second kappa shape index (κ2) is 9.99. The van der Waals surface area contributed by atoms with E-state index in [-0.39, 0.29) is 5.91 Å². The number of hydrogen-bond donors (Lipinski definition) is 1. The maximum absolute atomic E-state index is 12.2. The first-order valence-electron chi connectivity index (χ1n) is 9.16. The molecule has 0 aliphatic heterocycles. The molecule has 3 aromatic carbocycles. The predicted molar refractivity (Wildman–Crippen MR) is 114 cm³/mol. The zero-order chi connectivity index (χ0) is 20.5. The van der Waals surface area contributed by atoms with Gasteiger partial charge >= 0.3 is 0 Å². The van der Waals surface area contributed by atoms with Gasteiger partial charge in [-0.1, -0.05) is 42.5 Å². The van der Waals surface area contributed by atoms with Crippen LogP contribution in [0.2, 0.25) is 0 Å². The van der Waals surface area contributed by atoms with Crippen molar-refractivity contribution in [3.8, 4) is 17.2 Å². The fraction of sp³-hybridized carbons (Fsp3) is 0.125. The van der Waals surface area contributed by atoms with Crippen LogP contribution in [-0.2, 0) is 11.4 Å². The Bertz CT molecular complexity index is 983. The Morgan fingerprint density at radius 2 is 1.69 bits per heavy atom. The highest BCUT2D eigenvalue weighted by atomic mass is 16.5. The van der Waals surface area contributed by atoms with Crippen molar-refractivity contribution in [1.29, 1.82) is 0 Å². The SMILES string of the molecule is COc1ccc(NC(=O)/C=C/c2cccc(OCc3ccccc3)c2)cc1OC. The van der Waals surface area contributed by atoms with E-state index in [4.69, 9.17) is 14.2 Å². The molecule has 0 spiro atoms. The van der Waals surface area contributed by atoms with Crippen LogP contribution in [0.5, 0.6) is 17.2 Å². The standard InChI is InChI=1S/C24H23NO4/c1-27-22-13-12-20(16-23(22)28-2)25-24(26)14-11-18-9-6-10-21(15-18)29-17-19-7-4-3-5-8-19/h3-16H,17H2,1-2H3,(H,25,26)/b14-11+. The molecule has 0 aliphatic rings. The Labute approximate surface area is 170 Å². The average molecular weight is 389 g/mol. The van der Waals surface area contributed by atoms with Crippen molar-refractivity contribution < 1.29 is 19.0 Å². The van der Waals surface area contributed by atoms with E-state index in [9.17, 15) is 4.79 Å². The van der Waals surface area contributed by atoms with Gasteiger partial charge < -0.3 is 19.5 Å². The highest BCUT2D eigenvalue weighted by Crippen LogP contribution is 2.29. The lowest BCUT2D eigenvalue weighted by Gasteiger charge is -2.09. The van der Waals surface area contributed by atoms with Crippen LogP contribution in [0.3, 0.4) is 0 Å². The molecule has 0 radical (unpaired) electrons. The van der Waals surface area contributed by atoms with Crippen LogP contribution in [-0.4, -0.2) is 20.1 Å². The van der Waals surface area contributed by atoms with Crippen LogP contribution in [0.1, 0.15) is 11.1 Å². The summed E-state index contributed by atoms with van der Waals surface area (Å²) in [6, 6.07) is 22.8. The molecule has 1 N–H and O–H groups in total. The minimum atomic E-state index is -0.243. The first-order valence-corrected chi connectivity index (χ1v) is 9.16. The number of rotatable bonds is 8. The maximum Gasteiger partial charge on any atom is 0.248 e. The first kappa shape index (κ1) is 20.0. The van der Waals surface area contributed by atoms with Gasteiger partial charge in [-0.3, -0.25) is 4.79 Å². The van der Waals surface area contributed by atoms with Gasteiger partial charge in [0.15, 0.2) is 11.5 Å². The van der Waals surface area contributed by atoms with Crippen molar-refractivity contribution in [2.45, 2.75) is 6.61 Å². The normalized spacial score (nSPS) is 10.6. The van der Waals surface area contributed by atoms with Gasteiger partial charge in [-0.05, 0) is 41.5 Å². The highest BCUT2D eigenvalue weighted by Gasteiger charge is 2.06. The molecule has 0 unspecified atom stereocenters. The fourth-order valence-corrected chi connectivity index (χ4v) is 2.72. The van der Waals surface area contributed by atoms with E-state index in [1.165, 1.54) is 6.08 Å². The molecular formula is C24H23NO4. The highest BCUT2D eigenvalue weighted by molar-refractivity contribution is 6.02. The zero-order valence-electron chi connectivity index (χ0n) is 16.4. The number of carbonyl (C=O) groups excluding carboxylic acids is 1. The first-order chi connectivity index (χ1) is 14.2. The summed E-state index contributed by atoms with van der Waals surface area (Å²) in [5.74, 6) is 1.66. The molecule has 0 fully saturated rings. The molecule has 0 atom stereocenters. The monoisotopic (exact) mass is 389 g/mol. The number of methoxy groups -OCH3 is 2. The summed E-state index contributed by atoms with van der Waals surface area (Å²) in [4.78, 5) is 12.2. The lowest BCUT2D eigenvalue weighted by molar-refractivity contribution is -0.111. The number of amides is 1. The lowest BCUT2D eigenvalue weighted by atomic mass is 10.2. The molecule has 3 rings (SSSR count). The van der Waals surface area contributed by atoms with E-state index < -0.39 is 0 Å². The van der Waals surface area contributed by atoms with Crippen LogP contribution in [0.4, 0.5) is 5.69 Å². The minimum absolute atomic E-state index is 0.243. The molecule has 0 aromatic heterocycles. The number of anilines is 1. The van der Waals surface area contributed by atoms with E-state index in [1.807, 2.05) is 54.6 Å². The van der Waals surface area contributed by atoms with E-state index in [1.54, 1.807) is 38.5 Å². The van der Waals surface area contributed by atoms with Crippen molar-refractivity contribution in [3.63, 3.8) is 0 Å². The predicted octanol–water partition coefficient (Wildman–Crippen LogP) is 4.93. The second-order valence-corrected chi connectivity index (χ2v) is 6.24. The van der Waals surface area contributed by atoms with Gasteiger partial charge in [0.1, 0.15) is 12.4 Å². The van der Waals surface area contributed by atoms with Gasteiger partial charge in [0, 0.05) is 17.8 Å². The molecule has 0 heterocycles. The smallest absolute Gasteiger partial charge is 0.248 e. The molecular weight excluding hydrogens is 366 g/mol. The number of benzene rings is 3. The molecule has 5 heteroatoms. The van der Waals surface area contributed by atoms with Gasteiger partial charge in [-0.25, -0.2) is 0 Å². The summed E-state index contributed by atoms with van der Waals surface area (Å²) in [6.45, 7) is 0.494. The summed E-state index contributed by atoms with van der Waals surface area (Å²) < 4.78 is 16.3. The summed E-state index contributed by atoms with van der Waals surface area (Å²) in [6.07, 6.45) is 3.22. The Balaban J connectivity index is 1.60. The Morgan fingerprint density at radius 3 is 2.45 bits per heavy atom. The largest absolute Gasteiger partial charge is 0.493 e. The summed E-state index contributed by atoms with van der Waals surface area (Å²) in [5, 5.41) is 2.81. The molecule has 1 amide bonds. The third-order valence-electron chi connectivity index (χ3n) is 4.18. The third-order valence-corrected chi connectivity index (χ3v) is 4.18. The van der Waals surface area contributed by atoms with Gasteiger partial charge in [0.25, 0.3) is 0 Å². The number of ether oxygens (including phenoxy) is 3. The van der Waals surface area contributed by atoms with Crippen LogP contribution >= 0.6 is 0 Å². The van der Waals surface area contributed by atoms with Crippen molar-refractivity contribution in [1.82, 2.24) is 0 Å². The van der Waals surface area contributed by atoms with Crippen LogP contribution in [0, 0.1) is 0 Å². The van der Waals surface area contributed by atoms with Crippen molar-refractivity contribution in [3.05, 3.63) is 90.0 Å². The van der Waals surface area contributed by atoms with Crippen LogP contribution < -0.4 is 19.5 Å². The molecule has 148 valence electrons. The average Bonchev–Trinajstić information content (AvgIpc) is 2.77. The van der Waals surface area contributed by atoms with Crippen LogP contribution in [0.25, 0.3) is 6.08 Å². The molecule has 0 saturated carbocycles. The number of nitrogens with one attached hydrogen (secondary N) is 1. The van der Waals surface area contributed by atoms with Gasteiger partial charge in [-0.15, -0.1) is 0 Å². The molecule has 5 nitrogen and oxygen atoms in total. The van der Waals surface area contributed by atoms with Crippen molar-refractivity contribution in [2.24, 2.45) is 0 Å². The van der Waals surface area contributed by atoms with Gasteiger partial charge in [0.05, 0.1) is 14.2 Å². The number of hydrogen-bond acceptors (Lipinski definition) is 4. The van der Waals surface area contributed by atoms with Crippen molar-refractivity contribution >= 4 is 17.7 Å². The maximum atomic E-state index is 12.2. The van der Waals surface area contributed by atoms with E-state index in [2.05, 4.69) is 5.32 Å². The summed E-state index contributed by atoms with van der Waals surface area (Å²) in [5.41, 5.74) is 2.60. The van der Waals surface area contributed by atoms with E-state index in [0.29, 0.717) is 23.8 Å². The lowest BCUT2D eigenvalue weighted by Crippen LogP contribution is -2.07. The molecule has 0 bridgehead atoms. The Hall–Kier alpha value is -3.73. The van der Waals surface area contributed by atoms with Gasteiger partial charge in [-0.2, -0.15) is 0 Å². The molecule has 29 heavy (non-hydrogen) atoms. The Kier molecular flexibility index (Phi) is 6.90. The molecule has 0 saturated heterocycles. The van der Waals surface area contributed by atoms with Gasteiger partial charge in [0.2, 0.25) is 5.91 Å². The summed E-state index contributed by atoms with van der Waals surface area (Å²) in [7, 11) is 3.12. The summed E-state index contributed by atoms with van der Waals surface area (Å²) >= 11 is 0. The fourth-order valence-electron chi connectivity index (χ4n) is 2.72. The van der Waals surface area contributed by atoms with E-state index in [0.717, 1.165) is 16.9 Å². The van der Waals surface area contributed by atoms with Crippen LogP contribution in [0.15, 0.2) is 78.9 Å². The molecule has 3 aromatic rings. The number of carbonyl (C=O) groups is 1.